The fourth-order valence-electron chi connectivity index (χ4n) is 3.73. The van der Waals surface area contributed by atoms with Crippen molar-refractivity contribution in [2.45, 2.75) is 37.9 Å². The zero-order chi connectivity index (χ0) is 21.8. The quantitative estimate of drug-likeness (QED) is 0.318. The van der Waals surface area contributed by atoms with E-state index < -0.39 is 0 Å². The van der Waals surface area contributed by atoms with E-state index >= 15 is 0 Å². The van der Waals surface area contributed by atoms with Gasteiger partial charge in [-0.15, -0.1) is 0 Å². The van der Waals surface area contributed by atoms with E-state index in [-0.39, 0.29) is 18.4 Å². The first-order chi connectivity index (χ1) is 15.7. The number of halogens is 1. The van der Waals surface area contributed by atoms with Gasteiger partial charge in [-0.25, -0.2) is 4.39 Å². The van der Waals surface area contributed by atoms with Gasteiger partial charge >= 0.3 is 0 Å². The van der Waals surface area contributed by atoms with Gasteiger partial charge in [0.25, 0.3) is 0 Å². The van der Waals surface area contributed by atoms with Gasteiger partial charge in [0.05, 0.1) is 25.4 Å². The lowest BCUT2D eigenvalue weighted by Crippen LogP contribution is -2.07. The topological polar surface area (TPSA) is 43.5 Å². The predicted molar refractivity (Wildman–Crippen MR) is 120 cm³/mol. The Morgan fingerprint density at radius 1 is 0.688 bits per heavy atom. The van der Waals surface area contributed by atoms with Crippen LogP contribution in [0.4, 0.5) is 4.39 Å². The first kappa shape index (κ1) is 21.0. The molecule has 5 rings (SSSR count). The number of rotatable bonds is 11. The van der Waals surface area contributed by atoms with Crippen molar-refractivity contribution >= 4 is 0 Å². The third kappa shape index (κ3) is 6.09. The van der Waals surface area contributed by atoms with Gasteiger partial charge in [0.1, 0.15) is 5.75 Å². The fraction of sp³-hybridized carbons (Fsp3) is 0.333. The summed E-state index contributed by atoms with van der Waals surface area (Å²) in [4.78, 5) is 0. The maximum atomic E-state index is 14.5. The molecule has 0 bridgehead atoms. The first-order valence-electron chi connectivity index (χ1n) is 11.2. The van der Waals surface area contributed by atoms with Crippen molar-refractivity contribution in [2.75, 3.05) is 20.0 Å². The summed E-state index contributed by atoms with van der Waals surface area (Å²) in [5.41, 5.74) is 4.71. The number of aryl methyl sites for hydroxylation is 2. The van der Waals surface area contributed by atoms with E-state index in [1.165, 1.54) is 16.7 Å². The highest BCUT2D eigenvalue weighted by Crippen LogP contribution is 2.22. The Hall–Kier alpha value is -2.89. The van der Waals surface area contributed by atoms with Crippen LogP contribution in [0.5, 0.6) is 11.5 Å². The van der Waals surface area contributed by atoms with Crippen LogP contribution < -0.4 is 9.47 Å². The van der Waals surface area contributed by atoms with Crippen LogP contribution in [-0.2, 0) is 35.2 Å². The summed E-state index contributed by atoms with van der Waals surface area (Å²) in [5, 5.41) is 0. The molecule has 0 radical (unpaired) electrons. The largest absolute Gasteiger partial charge is 0.457 e. The molecule has 5 heteroatoms. The summed E-state index contributed by atoms with van der Waals surface area (Å²) in [6.45, 7) is 1.68. The van der Waals surface area contributed by atoms with Crippen molar-refractivity contribution in [2.24, 2.45) is 0 Å². The van der Waals surface area contributed by atoms with Crippen LogP contribution in [0.3, 0.4) is 0 Å². The molecule has 0 aromatic heterocycles. The monoisotopic (exact) mass is 434 g/mol. The molecular formula is C27H27FO4. The highest BCUT2D eigenvalue weighted by molar-refractivity contribution is 5.31. The Balaban J connectivity index is 1.07. The summed E-state index contributed by atoms with van der Waals surface area (Å²) in [5.74, 6) is 0.520. The van der Waals surface area contributed by atoms with Crippen molar-refractivity contribution in [3.63, 3.8) is 0 Å². The zero-order valence-electron chi connectivity index (χ0n) is 18.0. The molecule has 2 unspecified atom stereocenters. The Kier molecular flexibility index (Phi) is 6.37. The van der Waals surface area contributed by atoms with Crippen LogP contribution in [-0.4, -0.2) is 32.2 Å². The SMILES string of the molecule is Fc1cc(CCc2ccc(CC3CO3)cc2)ccc1OCOc1ccc(CC2CO2)cc1. The van der Waals surface area contributed by atoms with Crippen LogP contribution >= 0.6 is 0 Å². The number of ether oxygens (including phenoxy) is 4. The van der Waals surface area contributed by atoms with Gasteiger partial charge in [-0.1, -0.05) is 42.5 Å². The molecule has 0 saturated carbocycles. The van der Waals surface area contributed by atoms with Gasteiger partial charge in [-0.05, 0) is 59.4 Å². The maximum absolute atomic E-state index is 14.5. The minimum atomic E-state index is -0.370. The average molecular weight is 435 g/mol. The van der Waals surface area contributed by atoms with E-state index in [1.54, 1.807) is 12.1 Å². The minimum Gasteiger partial charge on any atom is -0.457 e. The van der Waals surface area contributed by atoms with E-state index in [2.05, 4.69) is 24.3 Å². The summed E-state index contributed by atoms with van der Waals surface area (Å²) in [6, 6.07) is 21.6. The Labute approximate surface area is 187 Å². The Bertz CT molecular complexity index is 1020. The Morgan fingerprint density at radius 2 is 1.22 bits per heavy atom. The van der Waals surface area contributed by atoms with E-state index in [9.17, 15) is 4.39 Å². The molecule has 166 valence electrons. The molecule has 2 fully saturated rings. The zero-order valence-corrected chi connectivity index (χ0v) is 18.0. The van der Waals surface area contributed by atoms with E-state index in [1.807, 2.05) is 30.3 Å². The third-order valence-corrected chi connectivity index (χ3v) is 5.82. The molecule has 2 aliphatic rings. The molecule has 0 N–H and O–H groups in total. The Morgan fingerprint density at radius 3 is 1.81 bits per heavy atom. The molecule has 4 nitrogen and oxygen atoms in total. The van der Waals surface area contributed by atoms with Gasteiger partial charge < -0.3 is 18.9 Å². The predicted octanol–water partition coefficient (Wildman–Crippen LogP) is 4.91. The van der Waals surface area contributed by atoms with Crippen LogP contribution in [0.25, 0.3) is 0 Å². The van der Waals surface area contributed by atoms with Crippen molar-refractivity contribution in [3.05, 3.63) is 94.8 Å². The second-order valence-electron chi connectivity index (χ2n) is 8.45. The van der Waals surface area contributed by atoms with Crippen LogP contribution in [0.2, 0.25) is 0 Å². The molecule has 0 aliphatic carbocycles. The fourth-order valence-corrected chi connectivity index (χ4v) is 3.73. The standard InChI is InChI=1S/C27H27FO4/c28-26-15-22(6-3-19-1-4-20(5-2-19)13-24-16-29-24)9-12-27(26)32-18-31-23-10-7-21(8-11-23)14-25-17-30-25/h1-2,4-5,7-12,15,24-25H,3,6,13-14,16-18H2. The van der Waals surface area contributed by atoms with Gasteiger partial charge in [0, 0.05) is 12.8 Å². The smallest absolute Gasteiger partial charge is 0.231 e. The number of epoxide rings is 2. The van der Waals surface area contributed by atoms with Crippen molar-refractivity contribution < 1.29 is 23.3 Å². The van der Waals surface area contributed by atoms with E-state index in [0.717, 1.165) is 44.5 Å². The molecule has 2 saturated heterocycles. The average Bonchev–Trinajstić information content (AvgIpc) is 3.73. The van der Waals surface area contributed by atoms with Gasteiger partial charge in [0.15, 0.2) is 11.6 Å². The van der Waals surface area contributed by atoms with Gasteiger partial charge in [0.2, 0.25) is 6.79 Å². The second-order valence-corrected chi connectivity index (χ2v) is 8.45. The first-order valence-corrected chi connectivity index (χ1v) is 11.2. The lowest BCUT2D eigenvalue weighted by Gasteiger charge is -2.11. The molecule has 3 aromatic carbocycles. The molecule has 2 aliphatic heterocycles. The molecule has 2 atom stereocenters. The van der Waals surface area contributed by atoms with Crippen molar-refractivity contribution in [1.29, 1.82) is 0 Å². The summed E-state index contributed by atoms with van der Waals surface area (Å²) >= 11 is 0. The molecule has 0 spiro atoms. The minimum absolute atomic E-state index is 0.0421. The molecule has 2 heterocycles. The second kappa shape index (κ2) is 9.72. The molecule has 0 amide bonds. The highest BCUT2D eigenvalue weighted by atomic mass is 19.1. The molecule has 3 aromatic rings. The number of benzene rings is 3. The summed E-state index contributed by atoms with van der Waals surface area (Å²) in [6.07, 6.45) is 4.32. The normalized spacial score (nSPS) is 18.9. The van der Waals surface area contributed by atoms with Crippen LogP contribution in [0.1, 0.15) is 22.3 Å². The summed E-state index contributed by atoms with van der Waals surface area (Å²) < 4.78 is 36.0. The molecular weight excluding hydrogens is 407 g/mol. The lowest BCUT2D eigenvalue weighted by molar-refractivity contribution is 0.115. The van der Waals surface area contributed by atoms with Gasteiger partial charge in [-0.2, -0.15) is 0 Å². The molecule has 32 heavy (non-hydrogen) atoms. The third-order valence-electron chi connectivity index (χ3n) is 5.82. The van der Waals surface area contributed by atoms with E-state index in [4.69, 9.17) is 18.9 Å². The summed E-state index contributed by atoms with van der Waals surface area (Å²) in [7, 11) is 0. The van der Waals surface area contributed by atoms with Crippen LogP contribution in [0, 0.1) is 5.82 Å². The van der Waals surface area contributed by atoms with Crippen LogP contribution in [0.15, 0.2) is 66.7 Å². The van der Waals surface area contributed by atoms with Gasteiger partial charge in [-0.3, -0.25) is 0 Å². The number of hydrogen-bond acceptors (Lipinski definition) is 4. The highest BCUT2D eigenvalue weighted by Gasteiger charge is 2.23. The maximum Gasteiger partial charge on any atom is 0.231 e. The number of hydrogen-bond donors (Lipinski definition) is 0. The van der Waals surface area contributed by atoms with Crippen molar-refractivity contribution in [1.82, 2.24) is 0 Å². The van der Waals surface area contributed by atoms with E-state index in [0.29, 0.717) is 18.0 Å². The van der Waals surface area contributed by atoms with Crippen molar-refractivity contribution in [3.8, 4) is 11.5 Å². The lowest BCUT2D eigenvalue weighted by atomic mass is 10.0.